The van der Waals surface area contributed by atoms with Crippen LogP contribution in [0, 0.1) is 5.82 Å². The molecular weight excluding hydrogens is 227 g/mol. The summed E-state index contributed by atoms with van der Waals surface area (Å²) >= 11 is 0. The van der Waals surface area contributed by atoms with Gasteiger partial charge >= 0.3 is 0 Å². The minimum Gasteiger partial charge on any atom is -0.505 e. The molecule has 94 valence electrons. The number of benzene rings is 1. The predicted octanol–water partition coefficient (Wildman–Crippen LogP) is 1.62. The van der Waals surface area contributed by atoms with Gasteiger partial charge in [0.2, 0.25) is 11.6 Å². The Bertz CT molecular complexity index is 441. The normalized spacial score (nSPS) is 16.7. The Morgan fingerprint density at radius 3 is 2.47 bits per heavy atom. The Hall–Kier alpha value is -1.49. The third-order valence-electron chi connectivity index (χ3n) is 3.01. The predicted molar refractivity (Wildman–Crippen MR) is 59.1 cm³/mol. The van der Waals surface area contributed by atoms with E-state index in [0.717, 1.165) is 0 Å². The van der Waals surface area contributed by atoms with E-state index in [9.17, 15) is 14.6 Å². The summed E-state index contributed by atoms with van der Waals surface area (Å²) in [5.74, 6) is -1.26. The SMILES string of the molecule is COc1cc(CC2(O)CC2)c(O)c(F)c1OC. The van der Waals surface area contributed by atoms with Crippen molar-refractivity contribution in [3.63, 3.8) is 0 Å². The fourth-order valence-electron chi connectivity index (χ4n) is 1.80. The number of methoxy groups -OCH3 is 2. The molecule has 0 aliphatic heterocycles. The van der Waals surface area contributed by atoms with Crippen molar-refractivity contribution < 1.29 is 24.1 Å². The van der Waals surface area contributed by atoms with Crippen LogP contribution in [0.25, 0.3) is 0 Å². The van der Waals surface area contributed by atoms with Gasteiger partial charge in [-0.25, -0.2) is 0 Å². The lowest BCUT2D eigenvalue weighted by molar-refractivity contribution is 0.149. The van der Waals surface area contributed by atoms with Crippen LogP contribution < -0.4 is 9.47 Å². The second kappa shape index (κ2) is 4.07. The van der Waals surface area contributed by atoms with Crippen molar-refractivity contribution in [2.24, 2.45) is 0 Å². The Labute approximate surface area is 98.6 Å². The summed E-state index contributed by atoms with van der Waals surface area (Å²) in [7, 11) is 2.69. The monoisotopic (exact) mass is 242 g/mol. The molecule has 4 nitrogen and oxygen atoms in total. The maximum absolute atomic E-state index is 13.8. The third-order valence-corrected chi connectivity index (χ3v) is 3.01. The van der Waals surface area contributed by atoms with Crippen LogP contribution in [0.2, 0.25) is 0 Å². The van der Waals surface area contributed by atoms with Crippen molar-refractivity contribution in [3.05, 3.63) is 17.4 Å². The average Bonchev–Trinajstić information content (AvgIpc) is 3.02. The van der Waals surface area contributed by atoms with E-state index in [2.05, 4.69) is 0 Å². The van der Waals surface area contributed by atoms with Gasteiger partial charge in [0.15, 0.2) is 11.5 Å². The molecule has 0 spiro atoms. The first-order valence-corrected chi connectivity index (χ1v) is 5.35. The molecule has 0 bridgehead atoms. The lowest BCUT2D eigenvalue weighted by Crippen LogP contribution is -2.11. The highest BCUT2D eigenvalue weighted by Crippen LogP contribution is 2.44. The molecule has 2 N–H and O–H groups in total. The number of ether oxygens (including phenoxy) is 2. The average molecular weight is 242 g/mol. The van der Waals surface area contributed by atoms with Crippen LogP contribution in [0.5, 0.6) is 17.2 Å². The lowest BCUT2D eigenvalue weighted by atomic mass is 10.0. The standard InChI is InChI=1S/C12H15FO4/c1-16-8-5-7(6-12(15)3-4-12)10(14)9(13)11(8)17-2/h5,14-15H,3-4,6H2,1-2H3. The van der Waals surface area contributed by atoms with Gasteiger partial charge in [-0.3, -0.25) is 0 Å². The van der Waals surface area contributed by atoms with Gasteiger partial charge in [-0.05, 0) is 18.9 Å². The summed E-state index contributed by atoms with van der Waals surface area (Å²) in [6.07, 6.45) is 1.56. The molecule has 1 fully saturated rings. The van der Waals surface area contributed by atoms with Crippen LogP contribution in [0.3, 0.4) is 0 Å². The zero-order chi connectivity index (χ0) is 12.6. The summed E-state index contributed by atoms with van der Waals surface area (Å²) in [5, 5.41) is 19.5. The second-order valence-corrected chi connectivity index (χ2v) is 4.33. The van der Waals surface area contributed by atoms with E-state index in [0.29, 0.717) is 18.4 Å². The quantitative estimate of drug-likeness (QED) is 0.842. The molecule has 0 atom stereocenters. The largest absolute Gasteiger partial charge is 0.505 e. The number of rotatable bonds is 4. The zero-order valence-electron chi connectivity index (χ0n) is 9.79. The van der Waals surface area contributed by atoms with Crippen molar-refractivity contribution in [1.29, 1.82) is 0 Å². The molecule has 1 aliphatic carbocycles. The molecule has 2 rings (SSSR count). The fraction of sp³-hybridized carbons (Fsp3) is 0.500. The van der Waals surface area contributed by atoms with Crippen molar-refractivity contribution in [1.82, 2.24) is 0 Å². The zero-order valence-corrected chi connectivity index (χ0v) is 9.79. The van der Waals surface area contributed by atoms with E-state index in [1.54, 1.807) is 0 Å². The van der Waals surface area contributed by atoms with Gasteiger partial charge in [0, 0.05) is 12.0 Å². The number of aliphatic hydroxyl groups is 1. The smallest absolute Gasteiger partial charge is 0.210 e. The topological polar surface area (TPSA) is 58.9 Å². The summed E-state index contributed by atoms with van der Waals surface area (Å²) in [4.78, 5) is 0. The fourth-order valence-corrected chi connectivity index (χ4v) is 1.80. The van der Waals surface area contributed by atoms with E-state index in [1.807, 2.05) is 0 Å². The Morgan fingerprint density at radius 1 is 1.35 bits per heavy atom. The summed E-state index contributed by atoms with van der Waals surface area (Å²) < 4.78 is 23.6. The number of phenols is 1. The maximum atomic E-state index is 13.8. The third kappa shape index (κ3) is 2.15. The van der Waals surface area contributed by atoms with E-state index >= 15 is 0 Å². The number of aromatic hydroxyl groups is 1. The highest BCUT2D eigenvalue weighted by molar-refractivity contribution is 5.52. The van der Waals surface area contributed by atoms with Crippen LogP contribution in [-0.4, -0.2) is 30.0 Å². The van der Waals surface area contributed by atoms with Gasteiger partial charge in [-0.15, -0.1) is 0 Å². The molecule has 1 aliphatic rings. The molecule has 0 heterocycles. The van der Waals surface area contributed by atoms with Crippen LogP contribution in [0.4, 0.5) is 4.39 Å². The minimum absolute atomic E-state index is 0.128. The summed E-state index contributed by atoms with van der Waals surface area (Å²) in [6, 6.07) is 1.49. The first kappa shape index (κ1) is 12.0. The molecule has 0 radical (unpaired) electrons. The van der Waals surface area contributed by atoms with E-state index in [1.165, 1.54) is 20.3 Å². The molecule has 0 amide bonds. The van der Waals surface area contributed by atoms with Crippen LogP contribution >= 0.6 is 0 Å². The van der Waals surface area contributed by atoms with Crippen LogP contribution in [-0.2, 0) is 6.42 Å². The Balaban J connectivity index is 2.42. The Kier molecular flexibility index (Phi) is 2.87. The molecule has 0 saturated heterocycles. The highest BCUT2D eigenvalue weighted by Gasteiger charge is 2.41. The number of hydrogen-bond donors (Lipinski definition) is 2. The van der Waals surface area contributed by atoms with Crippen molar-refractivity contribution in [2.75, 3.05) is 14.2 Å². The lowest BCUT2D eigenvalue weighted by Gasteiger charge is -2.15. The van der Waals surface area contributed by atoms with Crippen LogP contribution in [0.15, 0.2) is 6.07 Å². The molecule has 17 heavy (non-hydrogen) atoms. The van der Waals surface area contributed by atoms with Gasteiger partial charge in [0.25, 0.3) is 0 Å². The van der Waals surface area contributed by atoms with Gasteiger partial charge in [0.1, 0.15) is 0 Å². The number of halogens is 1. The maximum Gasteiger partial charge on any atom is 0.210 e. The molecule has 0 unspecified atom stereocenters. The van der Waals surface area contributed by atoms with Gasteiger partial charge in [-0.1, -0.05) is 0 Å². The summed E-state index contributed by atoms with van der Waals surface area (Å²) in [6.45, 7) is 0. The van der Waals surface area contributed by atoms with Crippen molar-refractivity contribution in [3.8, 4) is 17.2 Å². The van der Waals surface area contributed by atoms with Gasteiger partial charge in [0.05, 0.1) is 19.8 Å². The molecule has 0 aromatic heterocycles. The molecule has 1 aromatic carbocycles. The Morgan fingerprint density at radius 2 is 2.00 bits per heavy atom. The van der Waals surface area contributed by atoms with Crippen molar-refractivity contribution in [2.45, 2.75) is 24.9 Å². The van der Waals surface area contributed by atoms with E-state index in [4.69, 9.17) is 9.47 Å². The van der Waals surface area contributed by atoms with Gasteiger partial charge in [-0.2, -0.15) is 4.39 Å². The molecule has 1 saturated carbocycles. The highest BCUT2D eigenvalue weighted by atomic mass is 19.1. The second-order valence-electron chi connectivity index (χ2n) is 4.33. The van der Waals surface area contributed by atoms with E-state index < -0.39 is 17.2 Å². The first-order valence-electron chi connectivity index (χ1n) is 5.35. The molecule has 5 heteroatoms. The first-order chi connectivity index (χ1) is 8.00. The van der Waals surface area contributed by atoms with Crippen molar-refractivity contribution >= 4 is 0 Å². The molecule has 1 aromatic rings. The number of phenolic OH excluding ortho intramolecular Hbond substituents is 1. The molecular formula is C12H15FO4. The minimum atomic E-state index is -0.855. The number of hydrogen-bond acceptors (Lipinski definition) is 4. The summed E-state index contributed by atoms with van der Waals surface area (Å²) in [5.41, 5.74) is -0.469. The van der Waals surface area contributed by atoms with Gasteiger partial charge < -0.3 is 19.7 Å². The van der Waals surface area contributed by atoms with E-state index in [-0.39, 0.29) is 17.9 Å². The van der Waals surface area contributed by atoms with Crippen LogP contribution in [0.1, 0.15) is 18.4 Å².